The Morgan fingerprint density at radius 2 is 0.957 bits per heavy atom. The second-order valence-corrected chi connectivity index (χ2v) is 5.44. The summed E-state index contributed by atoms with van der Waals surface area (Å²) in [5, 5.41) is 2.58. The molecule has 0 aromatic heterocycles. The van der Waals surface area contributed by atoms with Crippen molar-refractivity contribution in [1.29, 1.82) is 0 Å². The Kier molecular flexibility index (Phi) is 4.89. The van der Waals surface area contributed by atoms with E-state index in [0.29, 0.717) is 0 Å². The zero-order valence-electron chi connectivity index (χ0n) is 12.7. The quantitative estimate of drug-likeness (QED) is 0.313. The second kappa shape index (κ2) is 7.07. The first kappa shape index (κ1) is 15.9. The van der Waals surface area contributed by atoms with E-state index >= 15 is 0 Å². The van der Waals surface area contributed by atoms with Crippen molar-refractivity contribution in [3.63, 3.8) is 0 Å². The first-order chi connectivity index (χ1) is 10.9. The third-order valence-corrected chi connectivity index (χ3v) is 4.09. The van der Waals surface area contributed by atoms with E-state index in [-0.39, 0.29) is 26.2 Å². The Bertz CT molecular complexity index is 921. The van der Waals surface area contributed by atoms with Gasteiger partial charge in [0.25, 0.3) is 0 Å². The Balaban J connectivity index is 0.00000156. The van der Waals surface area contributed by atoms with Gasteiger partial charge in [-0.05, 0) is 33.0 Å². The van der Waals surface area contributed by atoms with Crippen LogP contribution in [0.25, 0.3) is 33.0 Å². The van der Waals surface area contributed by atoms with Gasteiger partial charge in [-0.3, -0.25) is 0 Å². The molecule has 0 unspecified atom stereocenters. The normalized spacial score (nSPS) is 10.3. The van der Waals surface area contributed by atoms with Gasteiger partial charge in [0.1, 0.15) is 0 Å². The van der Waals surface area contributed by atoms with E-state index in [1.54, 1.807) is 0 Å². The van der Waals surface area contributed by atoms with Gasteiger partial charge < -0.3 is 0 Å². The average Bonchev–Trinajstić information content (AvgIpc) is 2.62. The predicted octanol–water partition coefficient (Wildman–Crippen LogP) is 5.79. The molecule has 0 aliphatic carbocycles. The molecule has 0 aliphatic rings. The fourth-order valence-electron chi connectivity index (χ4n) is 3.05. The predicted molar refractivity (Wildman–Crippen MR) is 101 cm³/mol. The number of hydrogen-bond acceptors (Lipinski definition) is 0. The summed E-state index contributed by atoms with van der Waals surface area (Å²) in [6, 6.07) is 34.3. The smallest absolute Gasteiger partial charge is 0 e. The van der Waals surface area contributed by atoms with Crippen LogP contribution in [0.4, 0.5) is 0 Å². The molecule has 23 heavy (non-hydrogen) atoms. The van der Waals surface area contributed by atoms with Crippen molar-refractivity contribution in [1.82, 2.24) is 0 Å². The molecule has 0 N–H and O–H groups in total. The van der Waals surface area contributed by atoms with Gasteiger partial charge in [0.05, 0.1) is 0 Å². The van der Waals surface area contributed by atoms with Gasteiger partial charge in [-0.2, -0.15) is 0 Å². The summed E-state index contributed by atoms with van der Waals surface area (Å²) in [5.41, 5.74) is 5.11. The van der Waals surface area contributed by atoms with Gasteiger partial charge in [0.15, 0.2) is 0 Å². The summed E-state index contributed by atoms with van der Waals surface area (Å²) >= 11 is 0. The van der Waals surface area contributed by atoms with Crippen LogP contribution >= 0.6 is 0 Å². The summed E-state index contributed by atoms with van der Waals surface area (Å²) < 4.78 is 0. The summed E-state index contributed by atoms with van der Waals surface area (Å²) in [5.74, 6) is 0. The van der Waals surface area contributed by atoms with E-state index in [1.807, 2.05) is 0 Å². The van der Waals surface area contributed by atoms with E-state index in [1.165, 1.54) is 33.0 Å². The van der Waals surface area contributed by atoms with E-state index in [9.17, 15) is 0 Å². The number of rotatable bonds is 2. The fraction of sp³-hybridized carbons (Fsp3) is 0. The molecule has 0 fully saturated rings. The first-order valence-electron chi connectivity index (χ1n) is 7.56. The van der Waals surface area contributed by atoms with Crippen molar-refractivity contribution < 1.29 is 0 Å². The molecule has 0 aliphatic heterocycles. The topological polar surface area (TPSA) is 0 Å². The summed E-state index contributed by atoms with van der Waals surface area (Å²) in [6.45, 7) is 0. The standard InChI is InChI=1S/C22H16.Bi/c1-2-9-17(10-3-1)19-14-6-7-15-21(19)22-16-8-12-18-11-4-5-13-20(18)22;/h1-16H;. The molecule has 0 spiro atoms. The monoisotopic (exact) mass is 489 g/mol. The molecule has 0 heterocycles. The van der Waals surface area contributed by atoms with Crippen molar-refractivity contribution in [3.05, 3.63) is 97.1 Å². The summed E-state index contributed by atoms with van der Waals surface area (Å²) in [6.07, 6.45) is 0. The van der Waals surface area contributed by atoms with Gasteiger partial charge in [0.2, 0.25) is 0 Å². The zero-order chi connectivity index (χ0) is 14.8. The third-order valence-electron chi connectivity index (χ3n) is 4.09. The van der Waals surface area contributed by atoms with Crippen LogP contribution in [-0.4, -0.2) is 26.2 Å². The molecule has 0 nitrogen and oxygen atoms in total. The van der Waals surface area contributed by atoms with Crippen LogP contribution in [0.3, 0.4) is 0 Å². The van der Waals surface area contributed by atoms with Gasteiger partial charge in [0, 0.05) is 26.2 Å². The largest absolute Gasteiger partial charge is 0.0622 e. The zero-order valence-corrected chi connectivity index (χ0v) is 16.2. The number of hydrogen-bond donors (Lipinski definition) is 0. The molecule has 4 aromatic rings. The molecule has 0 bridgehead atoms. The van der Waals surface area contributed by atoms with Crippen LogP contribution < -0.4 is 0 Å². The molecule has 4 aromatic carbocycles. The maximum atomic E-state index is 2.21. The van der Waals surface area contributed by atoms with Crippen molar-refractivity contribution in [3.8, 4) is 22.3 Å². The van der Waals surface area contributed by atoms with Crippen LogP contribution in [-0.2, 0) is 0 Å². The molecule has 0 saturated heterocycles. The fourth-order valence-corrected chi connectivity index (χ4v) is 3.05. The molecule has 0 atom stereocenters. The minimum Gasteiger partial charge on any atom is -0.0622 e. The molecule has 0 amide bonds. The van der Waals surface area contributed by atoms with Crippen molar-refractivity contribution in [2.75, 3.05) is 0 Å². The molecule has 1 heteroatoms. The summed E-state index contributed by atoms with van der Waals surface area (Å²) in [4.78, 5) is 0. The van der Waals surface area contributed by atoms with E-state index in [4.69, 9.17) is 0 Å². The maximum absolute atomic E-state index is 2.21. The van der Waals surface area contributed by atoms with E-state index < -0.39 is 0 Å². The molecule has 3 radical (unpaired) electrons. The van der Waals surface area contributed by atoms with Gasteiger partial charge in [-0.1, -0.05) is 97.1 Å². The van der Waals surface area contributed by atoms with Crippen LogP contribution in [0.15, 0.2) is 97.1 Å². The maximum Gasteiger partial charge on any atom is 0 e. The molecule has 4 rings (SSSR count). The minimum atomic E-state index is 0. The number of fused-ring (bicyclic) bond motifs is 1. The van der Waals surface area contributed by atoms with Crippen LogP contribution in [0.2, 0.25) is 0 Å². The third kappa shape index (κ3) is 3.07. The van der Waals surface area contributed by atoms with Crippen LogP contribution in [0, 0.1) is 0 Å². The van der Waals surface area contributed by atoms with Crippen LogP contribution in [0.1, 0.15) is 0 Å². The van der Waals surface area contributed by atoms with Gasteiger partial charge in [-0.25, -0.2) is 0 Å². The minimum absolute atomic E-state index is 0. The Hall–Kier alpha value is -1.98. The molecule has 0 saturated carbocycles. The van der Waals surface area contributed by atoms with E-state index in [2.05, 4.69) is 97.1 Å². The second-order valence-electron chi connectivity index (χ2n) is 5.44. The Morgan fingerprint density at radius 1 is 0.391 bits per heavy atom. The van der Waals surface area contributed by atoms with E-state index in [0.717, 1.165) is 0 Å². The summed E-state index contributed by atoms with van der Waals surface area (Å²) in [7, 11) is 0. The molecular weight excluding hydrogens is 473 g/mol. The van der Waals surface area contributed by atoms with Crippen molar-refractivity contribution in [2.45, 2.75) is 0 Å². The average molecular weight is 489 g/mol. The van der Waals surface area contributed by atoms with Crippen molar-refractivity contribution >= 4 is 37.0 Å². The van der Waals surface area contributed by atoms with Crippen LogP contribution in [0.5, 0.6) is 0 Å². The SMILES string of the molecule is [Bi].c1ccc(-c2ccccc2-c2cccc3ccccc23)cc1. The first-order valence-corrected chi connectivity index (χ1v) is 7.56. The number of benzene rings is 4. The van der Waals surface area contributed by atoms with Crippen molar-refractivity contribution in [2.24, 2.45) is 0 Å². The van der Waals surface area contributed by atoms with Gasteiger partial charge >= 0.3 is 0 Å². The molecular formula is C22H16Bi. The Labute approximate surface area is 155 Å². The Morgan fingerprint density at radius 3 is 1.78 bits per heavy atom. The molecule has 109 valence electrons. The van der Waals surface area contributed by atoms with Gasteiger partial charge in [-0.15, -0.1) is 0 Å².